The highest BCUT2D eigenvalue weighted by Gasteiger charge is 2.30. The van der Waals surface area contributed by atoms with Crippen molar-refractivity contribution in [1.29, 1.82) is 0 Å². The molecule has 1 aliphatic heterocycles. The zero-order chi connectivity index (χ0) is 14.5. The van der Waals surface area contributed by atoms with Gasteiger partial charge in [0.25, 0.3) is 0 Å². The zero-order valence-corrected chi connectivity index (χ0v) is 13.4. The minimum atomic E-state index is 0.250. The second kappa shape index (κ2) is 7.23. The summed E-state index contributed by atoms with van der Waals surface area (Å²) < 4.78 is 0. The molecule has 20 heavy (non-hydrogen) atoms. The summed E-state index contributed by atoms with van der Waals surface area (Å²) in [6.45, 7) is 5.83. The highest BCUT2D eigenvalue weighted by molar-refractivity contribution is 7.11. The molecule has 1 aromatic rings. The third-order valence-electron chi connectivity index (χ3n) is 4.29. The van der Waals surface area contributed by atoms with Gasteiger partial charge in [0.05, 0.1) is 0 Å². The number of thiophene rings is 1. The Morgan fingerprint density at radius 2 is 2.30 bits per heavy atom. The van der Waals surface area contributed by atoms with Crippen LogP contribution < -0.4 is 5.73 Å². The van der Waals surface area contributed by atoms with Gasteiger partial charge in [0.1, 0.15) is 0 Å². The van der Waals surface area contributed by atoms with Gasteiger partial charge in [-0.05, 0) is 50.7 Å². The lowest BCUT2D eigenvalue weighted by Crippen LogP contribution is -2.51. The van der Waals surface area contributed by atoms with E-state index < -0.39 is 0 Å². The maximum absolute atomic E-state index is 12.4. The number of nitrogens with zero attached hydrogens (tertiary/aromatic N) is 1. The van der Waals surface area contributed by atoms with E-state index in [9.17, 15) is 4.79 Å². The lowest BCUT2D eigenvalue weighted by atomic mass is 9.90. The summed E-state index contributed by atoms with van der Waals surface area (Å²) in [6, 6.07) is 4.58. The monoisotopic (exact) mass is 294 g/mol. The number of hydrogen-bond donors (Lipinski definition) is 1. The molecule has 112 valence electrons. The number of likely N-dealkylation sites (tertiary alicyclic amines) is 1. The molecule has 4 heteroatoms. The van der Waals surface area contributed by atoms with E-state index in [2.05, 4.69) is 26.0 Å². The number of piperidine rings is 1. The Labute approximate surface area is 126 Å². The number of amides is 1. The van der Waals surface area contributed by atoms with Crippen molar-refractivity contribution in [3.63, 3.8) is 0 Å². The van der Waals surface area contributed by atoms with Crippen LogP contribution in [0.25, 0.3) is 0 Å². The third kappa shape index (κ3) is 3.83. The first-order chi connectivity index (χ1) is 9.61. The van der Waals surface area contributed by atoms with Gasteiger partial charge >= 0.3 is 0 Å². The number of carbonyl (C=O) groups excluding carboxylic acids is 1. The van der Waals surface area contributed by atoms with Crippen LogP contribution in [0, 0.1) is 12.8 Å². The smallest absolute Gasteiger partial charge is 0.222 e. The summed E-state index contributed by atoms with van der Waals surface area (Å²) >= 11 is 1.84. The molecule has 1 amide bonds. The van der Waals surface area contributed by atoms with E-state index in [0.29, 0.717) is 24.8 Å². The number of carbonyl (C=O) groups is 1. The van der Waals surface area contributed by atoms with Gasteiger partial charge < -0.3 is 10.6 Å². The predicted molar refractivity (Wildman–Crippen MR) is 84.9 cm³/mol. The molecule has 3 nitrogen and oxygen atoms in total. The molecule has 0 aromatic carbocycles. The number of rotatable bonds is 5. The molecule has 1 fully saturated rings. The lowest BCUT2D eigenvalue weighted by Gasteiger charge is -2.39. The minimum Gasteiger partial charge on any atom is -0.338 e. The first-order valence-corrected chi connectivity index (χ1v) is 8.48. The lowest BCUT2D eigenvalue weighted by molar-refractivity contribution is -0.136. The van der Waals surface area contributed by atoms with Crippen LogP contribution in [0.2, 0.25) is 0 Å². The topological polar surface area (TPSA) is 46.3 Å². The van der Waals surface area contributed by atoms with Crippen LogP contribution in [0.15, 0.2) is 12.1 Å². The number of hydrogen-bond acceptors (Lipinski definition) is 3. The van der Waals surface area contributed by atoms with Crippen LogP contribution in [-0.4, -0.2) is 29.9 Å². The molecule has 0 bridgehead atoms. The van der Waals surface area contributed by atoms with Crippen molar-refractivity contribution in [3.05, 3.63) is 21.9 Å². The van der Waals surface area contributed by atoms with Gasteiger partial charge in [0.15, 0.2) is 0 Å². The minimum absolute atomic E-state index is 0.250. The largest absolute Gasteiger partial charge is 0.338 e. The van der Waals surface area contributed by atoms with E-state index in [1.165, 1.54) is 16.2 Å². The highest BCUT2D eigenvalue weighted by atomic mass is 32.1. The summed E-state index contributed by atoms with van der Waals surface area (Å²) in [5.41, 5.74) is 5.85. The Morgan fingerprint density at radius 3 is 2.95 bits per heavy atom. The summed E-state index contributed by atoms with van der Waals surface area (Å²) in [4.78, 5) is 17.2. The molecule has 0 unspecified atom stereocenters. The molecule has 2 rings (SSSR count). The van der Waals surface area contributed by atoms with Crippen molar-refractivity contribution in [1.82, 2.24) is 4.90 Å². The maximum atomic E-state index is 12.4. The molecule has 1 aliphatic rings. The van der Waals surface area contributed by atoms with Crippen LogP contribution in [0.4, 0.5) is 0 Å². The molecular weight excluding hydrogens is 268 g/mol. The van der Waals surface area contributed by atoms with E-state index in [0.717, 1.165) is 25.8 Å². The van der Waals surface area contributed by atoms with Crippen molar-refractivity contribution in [2.45, 2.75) is 52.0 Å². The van der Waals surface area contributed by atoms with Crippen molar-refractivity contribution in [2.24, 2.45) is 11.7 Å². The summed E-state index contributed by atoms with van der Waals surface area (Å²) in [6.07, 6.45) is 4.93. The fourth-order valence-corrected chi connectivity index (χ4v) is 4.03. The Balaban J connectivity index is 1.81. The van der Waals surface area contributed by atoms with Crippen molar-refractivity contribution < 1.29 is 4.79 Å². The normalized spacial score (nSPS) is 23.1. The molecule has 1 saturated heterocycles. The van der Waals surface area contributed by atoms with E-state index in [1.54, 1.807) is 0 Å². The maximum Gasteiger partial charge on any atom is 0.222 e. The Bertz CT molecular complexity index is 443. The van der Waals surface area contributed by atoms with Gasteiger partial charge in [0, 0.05) is 35.3 Å². The Kier molecular flexibility index (Phi) is 5.61. The van der Waals surface area contributed by atoms with Gasteiger partial charge in [0.2, 0.25) is 5.91 Å². The quantitative estimate of drug-likeness (QED) is 0.907. The molecule has 0 radical (unpaired) electrons. The van der Waals surface area contributed by atoms with Crippen LogP contribution in [0.1, 0.15) is 42.4 Å². The molecule has 0 saturated carbocycles. The van der Waals surface area contributed by atoms with Crippen molar-refractivity contribution >= 4 is 17.2 Å². The fraction of sp³-hybridized carbons (Fsp3) is 0.688. The first kappa shape index (κ1) is 15.5. The van der Waals surface area contributed by atoms with Crippen molar-refractivity contribution in [3.8, 4) is 0 Å². The summed E-state index contributed by atoms with van der Waals surface area (Å²) in [5, 5.41) is 0. The SMILES string of the molecule is Cc1ccc(CCCC(=O)N2CCC[C@@H](C)[C@H]2CN)s1. The average molecular weight is 294 g/mol. The summed E-state index contributed by atoms with van der Waals surface area (Å²) in [7, 11) is 0. The second-order valence-electron chi connectivity index (χ2n) is 5.88. The molecule has 1 aromatic heterocycles. The van der Waals surface area contributed by atoms with Gasteiger partial charge in [-0.15, -0.1) is 11.3 Å². The van der Waals surface area contributed by atoms with Gasteiger partial charge in [-0.3, -0.25) is 4.79 Å². The van der Waals surface area contributed by atoms with Gasteiger partial charge in [-0.2, -0.15) is 0 Å². The average Bonchev–Trinajstić information content (AvgIpc) is 2.84. The van der Waals surface area contributed by atoms with Crippen LogP contribution in [0.5, 0.6) is 0 Å². The molecule has 0 aliphatic carbocycles. The predicted octanol–water partition coefficient (Wildman–Crippen LogP) is 2.97. The van der Waals surface area contributed by atoms with Crippen molar-refractivity contribution in [2.75, 3.05) is 13.1 Å². The standard InChI is InChI=1S/C16H26N2OS/c1-12-5-4-10-18(15(12)11-17)16(19)7-3-6-14-9-8-13(2)20-14/h8-9,12,15H,3-7,10-11,17H2,1-2H3/t12-,15-/m1/s1. The van der Waals surface area contributed by atoms with Crippen LogP contribution in [-0.2, 0) is 11.2 Å². The highest BCUT2D eigenvalue weighted by Crippen LogP contribution is 2.24. The molecular formula is C16H26N2OS. The van der Waals surface area contributed by atoms with Gasteiger partial charge in [-0.1, -0.05) is 6.92 Å². The van der Waals surface area contributed by atoms with E-state index in [1.807, 2.05) is 16.2 Å². The Hall–Kier alpha value is -0.870. The van der Waals surface area contributed by atoms with E-state index >= 15 is 0 Å². The summed E-state index contributed by atoms with van der Waals surface area (Å²) in [5.74, 6) is 0.831. The van der Waals surface area contributed by atoms with E-state index in [4.69, 9.17) is 5.73 Å². The molecule has 2 N–H and O–H groups in total. The van der Waals surface area contributed by atoms with Crippen LogP contribution >= 0.6 is 11.3 Å². The number of aryl methyl sites for hydroxylation is 2. The molecule has 2 atom stereocenters. The van der Waals surface area contributed by atoms with E-state index in [-0.39, 0.29) is 6.04 Å². The second-order valence-corrected chi connectivity index (χ2v) is 7.25. The first-order valence-electron chi connectivity index (χ1n) is 7.66. The Morgan fingerprint density at radius 1 is 1.50 bits per heavy atom. The molecule has 2 heterocycles. The third-order valence-corrected chi connectivity index (χ3v) is 5.35. The number of nitrogens with two attached hydrogens (primary N) is 1. The van der Waals surface area contributed by atoms with Crippen LogP contribution in [0.3, 0.4) is 0 Å². The fourth-order valence-electron chi connectivity index (χ4n) is 3.10. The van der Waals surface area contributed by atoms with Gasteiger partial charge in [-0.25, -0.2) is 0 Å². The zero-order valence-electron chi connectivity index (χ0n) is 12.6. The molecule has 0 spiro atoms.